The fourth-order valence-corrected chi connectivity index (χ4v) is 5.31. The average molecular weight is 559 g/mol. The van der Waals surface area contributed by atoms with Crippen LogP contribution in [0.15, 0.2) is 127 Å². The van der Waals surface area contributed by atoms with Crippen LogP contribution in [0.25, 0.3) is 0 Å². The molecule has 0 aromatic heterocycles. The van der Waals surface area contributed by atoms with Gasteiger partial charge < -0.3 is 9.80 Å². The maximum atomic E-state index is 6.90. The minimum Gasteiger partial charge on any atom is -0.310 e. The quantitative estimate of drug-likeness (QED) is 0.204. The second-order valence-electron chi connectivity index (χ2n) is 12.6. The fraction of sp³-hybridized carbons (Fsp3) is 0.211. The number of benzene rings is 5. The van der Waals surface area contributed by atoms with Gasteiger partial charge in [-0.25, -0.2) is 0 Å². The molecule has 0 saturated heterocycles. The van der Waals surface area contributed by atoms with Gasteiger partial charge in [-0.1, -0.05) is 114 Å². The van der Waals surface area contributed by atoms with Gasteiger partial charge in [0.15, 0.2) is 0 Å². The molecule has 0 fully saturated rings. The third-order valence-electron chi connectivity index (χ3n) is 7.40. The van der Waals surface area contributed by atoms with Gasteiger partial charge in [-0.3, -0.25) is 0 Å². The second-order valence-corrected chi connectivity index (χ2v) is 13.0. The Balaban J connectivity index is 1.68. The van der Waals surface area contributed by atoms with Crippen LogP contribution in [0, 0.1) is 0 Å². The van der Waals surface area contributed by atoms with Crippen molar-refractivity contribution in [3.63, 3.8) is 0 Å². The minimum absolute atomic E-state index is 0.0762. The van der Waals surface area contributed by atoms with E-state index in [4.69, 9.17) is 11.6 Å². The molecule has 5 aromatic carbocycles. The lowest BCUT2D eigenvalue weighted by atomic mass is 9.86. The molecule has 5 aromatic rings. The largest absolute Gasteiger partial charge is 0.310 e. The molecule has 41 heavy (non-hydrogen) atoms. The van der Waals surface area contributed by atoms with Crippen LogP contribution in [0.1, 0.15) is 52.7 Å². The average Bonchev–Trinajstić information content (AvgIpc) is 2.94. The molecule has 0 aliphatic carbocycles. The van der Waals surface area contributed by atoms with Crippen LogP contribution in [0.3, 0.4) is 0 Å². The van der Waals surface area contributed by atoms with Crippen molar-refractivity contribution in [2.75, 3.05) is 9.80 Å². The Morgan fingerprint density at radius 1 is 0.390 bits per heavy atom. The first-order chi connectivity index (χ1) is 19.5. The molecule has 5 rings (SSSR count). The molecule has 0 unspecified atom stereocenters. The fourth-order valence-electron chi connectivity index (χ4n) is 5.09. The van der Waals surface area contributed by atoms with Crippen LogP contribution >= 0.6 is 11.6 Å². The highest BCUT2D eigenvalue weighted by Gasteiger charge is 2.21. The van der Waals surface area contributed by atoms with E-state index in [1.54, 1.807) is 0 Å². The zero-order chi connectivity index (χ0) is 29.2. The molecule has 208 valence electrons. The van der Waals surface area contributed by atoms with E-state index in [0.717, 1.165) is 34.1 Å². The Hall–Kier alpha value is -4.01. The molecule has 0 spiro atoms. The lowest BCUT2D eigenvalue weighted by Gasteiger charge is -2.30. The number of halogens is 1. The standard InChI is InChI=1S/C38H39ClN2/c1-37(2,3)28-17-21-33(22-18-28)41(34-23-19-29(20-24-34)38(4,5)6)36-26-30(39)25-35(27-36)40(31-13-9-7-10-14-31)32-15-11-8-12-16-32/h7-27H,1-6H3. The van der Waals surface area contributed by atoms with E-state index < -0.39 is 0 Å². The summed E-state index contributed by atoms with van der Waals surface area (Å²) in [6, 6.07) is 45.0. The van der Waals surface area contributed by atoms with Gasteiger partial charge in [-0.05, 0) is 88.7 Å². The van der Waals surface area contributed by atoms with Gasteiger partial charge in [0.05, 0.1) is 0 Å². The van der Waals surface area contributed by atoms with Crippen LogP contribution in [-0.4, -0.2) is 0 Å². The monoisotopic (exact) mass is 558 g/mol. The van der Waals surface area contributed by atoms with Gasteiger partial charge in [-0.2, -0.15) is 0 Å². The highest BCUT2D eigenvalue weighted by Crippen LogP contribution is 2.42. The van der Waals surface area contributed by atoms with Crippen LogP contribution in [0.4, 0.5) is 34.1 Å². The predicted molar refractivity (Wildman–Crippen MR) is 178 cm³/mol. The summed E-state index contributed by atoms with van der Waals surface area (Å²) in [5, 5.41) is 0.678. The molecule has 0 N–H and O–H groups in total. The predicted octanol–water partition coefficient (Wildman–Crippen LogP) is 11.9. The van der Waals surface area contributed by atoms with Crippen molar-refractivity contribution in [3.8, 4) is 0 Å². The first-order valence-corrected chi connectivity index (χ1v) is 14.6. The number of hydrogen-bond acceptors (Lipinski definition) is 2. The summed E-state index contributed by atoms with van der Waals surface area (Å²) in [4.78, 5) is 4.54. The first kappa shape index (κ1) is 28.5. The van der Waals surface area contributed by atoms with Crippen LogP contribution < -0.4 is 9.80 Å². The molecule has 0 radical (unpaired) electrons. The summed E-state index contributed by atoms with van der Waals surface area (Å²) in [5.74, 6) is 0. The molecular weight excluding hydrogens is 520 g/mol. The summed E-state index contributed by atoms with van der Waals surface area (Å²) in [6.07, 6.45) is 0. The van der Waals surface area contributed by atoms with Crippen molar-refractivity contribution in [2.24, 2.45) is 0 Å². The molecule has 0 bridgehead atoms. The Bertz CT molecular complexity index is 1480. The smallest absolute Gasteiger partial charge is 0.0497 e. The zero-order valence-corrected chi connectivity index (χ0v) is 25.7. The molecular formula is C38H39ClN2. The van der Waals surface area contributed by atoms with Crippen LogP contribution in [0.5, 0.6) is 0 Å². The van der Waals surface area contributed by atoms with E-state index in [0.29, 0.717) is 5.02 Å². The number of nitrogens with zero attached hydrogens (tertiary/aromatic N) is 2. The Morgan fingerprint density at radius 3 is 1.02 bits per heavy atom. The lowest BCUT2D eigenvalue weighted by molar-refractivity contribution is 0.590. The van der Waals surface area contributed by atoms with Crippen LogP contribution in [-0.2, 0) is 10.8 Å². The normalized spacial score (nSPS) is 11.8. The molecule has 0 amide bonds. The number of anilines is 6. The maximum absolute atomic E-state index is 6.90. The second kappa shape index (κ2) is 11.5. The van der Waals surface area contributed by atoms with Crippen molar-refractivity contribution in [1.82, 2.24) is 0 Å². The highest BCUT2D eigenvalue weighted by atomic mass is 35.5. The van der Waals surface area contributed by atoms with E-state index >= 15 is 0 Å². The van der Waals surface area contributed by atoms with Gasteiger partial charge >= 0.3 is 0 Å². The van der Waals surface area contributed by atoms with E-state index in [-0.39, 0.29) is 10.8 Å². The van der Waals surface area contributed by atoms with Crippen molar-refractivity contribution >= 4 is 45.7 Å². The Morgan fingerprint density at radius 2 is 0.707 bits per heavy atom. The summed E-state index contributed by atoms with van der Waals surface area (Å²) in [6.45, 7) is 13.5. The minimum atomic E-state index is 0.0762. The van der Waals surface area contributed by atoms with Gasteiger partial charge in [0, 0.05) is 39.1 Å². The van der Waals surface area contributed by atoms with E-state index in [9.17, 15) is 0 Å². The molecule has 0 aliphatic rings. The number of rotatable bonds is 6. The Kier molecular flexibility index (Phi) is 7.98. The van der Waals surface area contributed by atoms with Crippen molar-refractivity contribution < 1.29 is 0 Å². The van der Waals surface area contributed by atoms with Crippen molar-refractivity contribution in [3.05, 3.63) is 144 Å². The topological polar surface area (TPSA) is 6.48 Å². The highest BCUT2D eigenvalue weighted by molar-refractivity contribution is 6.31. The first-order valence-electron chi connectivity index (χ1n) is 14.2. The molecule has 3 heteroatoms. The lowest BCUT2D eigenvalue weighted by Crippen LogP contribution is -2.15. The van der Waals surface area contributed by atoms with E-state index in [1.165, 1.54) is 11.1 Å². The summed E-state index contributed by atoms with van der Waals surface area (Å²) < 4.78 is 0. The van der Waals surface area contributed by atoms with E-state index in [2.05, 4.69) is 161 Å². The van der Waals surface area contributed by atoms with Crippen LogP contribution in [0.2, 0.25) is 5.02 Å². The van der Waals surface area contributed by atoms with Gasteiger partial charge in [0.1, 0.15) is 0 Å². The SMILES string of the molecule is CC(C)(C)c1ccc(N(c2ccc(C(C)(C)C)cc2)c2cc(Cl)cc(N(c3ccccc3)c3ccccc3)c2)cc1. The molecule has 0 saturated carbocycles. The Labute approximate surface area is 250 Å². The molecule has 0 heterocycles. The summed E-state index contributed by atoms with van der Waals surface area (Å²) >= 11 is 6.90. The van der Waals surface area contributed by atoms with E-state index in [1.807, 2.05) is 18.2 Å². The van der Waals surface area contributed by atoms with Gasteiger partial charge in [-0.15, -0.1) is 0 Å². The van der Waals surface area contributed by atoms with Gasteiger partial charge in [0.2, 0.25) is 0 Å². The molecule has 0 aliphatic heterocycles. The van der Waals surface area contributed by atoms with Gasteiger partial charge in [0.25, 0.3) is 0 Å². The number of para-hydroxylation sites is 2. The summed E-state index contributed by atoms with van der Waals surface area (Å²) in [7, 11) is 0. The third kappa shape index (κ3) is 6.50. The zero-order valence-electron chi connectivity index (χ0n) is 24.9. The van der Waals surface area contributed by atoms with Crippen molar-refractivity contribution in [1.29, 1.82) is 0 Å². The molecule has 0 atom stereocenters. The van der Waals surface area contributed by atoms with Crippen molar-refractivity contribution in [2.45, 2.75) is 52.4 Å². The summed E-state index contributed by atoms with van der Waals surface area (Å²) in [5.41, 5.74) is 9.06. The number of hydrogen-bond donors (Lipinski definition) is 0. The maximum Gasteiger partial charge on any atom is 0.0497 e. The third-order valence-corrected chi connectivity index (χ3v) is 7.61. The molecule has 2 nitrogen and oxygen atoms in total.